The number of aliphatic imine (C=N–C) groups is 1. The van der Waals surface area contributed by atoms with Crippen LogP contribution in [0, 0.1) is 12.3 Å². The lowest BCUT2D eigenvalue weighted by molar-refractivity contribution is -0.0107. The number of likely N-dealkylation sites (tertiary alicyclic amines) is 1. The Morgan fingerprint density at radius 1 is 1.23 bits per heavy atom. The zero-order valence-electron chi connectivity index (χ0n) is 16.7. The largest absolute Gasteiger partial charge is 0.384 e. The minimum atomic E-state index is 0.0764. The zero-order valence-corrected chi connectivity index (χ0v) is 17.5. The number of halogens is 1. The molecular formula is C21H31ClN4. The summed E-state index contributed by atoms with van der Waals surface area (Å²) in [5.41, 5.74) is 8.51. The molecule has 1 fully saturated rings. The van der Waals surface area contributed by atoms with E-state index in [0.717, 1.165) is 24.0 Å². The molecular weight excluding hydrogens is 344 g/mol. The highest BCUT2D eigenvalue weighted by Crippen LogP contribution is 2.38. The quantitative estimate of drug-likeness (QED) is 0.598. The Morgan fingerprint density at radius 2 is 1.81 bits per heavy atom. The van der Waals surface area contributed by atoms with Crippen molar-refractivity contribution in [1.29, 1.82) is 5.41 Å². The molecule has 3 N–H and O–H groups in total. The van der Waals surface area contributed by atoms with Gasteiger partial charge in [-0.25, -0.2) is 0 Å². The summed E-state index contributed by atoms with van der Waals surface area (Å²) in [6, 6.07) is 5.71. The average Bonchev–Trinajstić information content (AvgIpc) is 2.49. The van der Waals surface area contributed by atoms with E-state index in [0.29, 0.717) is 16.6 Å². The summed E-state index contributed by atoms with van der Waals surface area (Å²) in [5.74, 6) is 0.475. The lowest BCUT2D eigenvalue weighted by Crippen LogP contribution is -2.59. The number of hydrogen-bond donors (Lipinski definition) is 2. The third-order valence-corrected chi connectivity index (χ3v) is 5.75. The van der Waals surface area contributed by atoms with Gasteiger partial charge >= 0.3 is 0 Å². The van der Waals surface area contributed by atoms with Crippen LogP contribution in [0.3, 0.4) is 0 Å². The fraction of sp³-hybridized carbons (Fsp3) is 0.524. The van der Waals surface area contributed by atoms with Gasteiger partial charge in [-0.05, 0) is 84.4 Å². The fourth-order valence-corrected chi connectivity index (χ4v) is 4.08. The van der Waals surface area contributed by atoms with Gasteiger partial charge in [-0.2, -0.15) is 0 Å². The Kier molecular flexibility index (Phi) is 5.99. The minimum Gasteiger partial charge on any atom is -0.384 e. The molecule has 142 valence electrons. The number of nitrogens with zero attached hydrogens (tertiary/aromatic N) is 2. The summed E-state index contributed by atoms with van der Waals surface area (Å²) in [5, 5.41) is 8.94. The smallest absolute Gasteiger partial charge is 0.118 e. The summed E-state index contributed by atoms with van der Waals surface area (Å²) in [6.07, 6.45) is 5.37. The van der Waals surface area contributed by atoms with E-state index in [-0.39, 0.29) is 17.1 Å². The zero-order chi connectivity index (χ0) is 19.7. The Bertz CT molecular complexity index is 728. The van der Waals surface area contributed by atoms with Gasteiger partial charge in [0.2, 0.25) is 0 Å². The van der Waals surface area contributed by atoms with Crippen LogP contribution in [-0.2, 0) is 0 Å². The average molecular weight is 375 g/mol. The standard InChI is InChI=1S/C21H31ClN4/c1-14-11-15(22)7-8-17(14)18(23)9-10-19(24)25-16-12-20(2,3)26(6)21(4,5)13-16/h7-11,16,23H,12-13H2,1-6H3,(H2,24,25)/b10-9-,23-18?. The van der Waals surface area contributed by atoms with Crippen molar-refractivity contribution in [2.75, 3.05) is 7.05 Å². The molecule has 4 nitrogen and oxygen atoms in total. The number of hydrogen-bond acceptors (Lipinski definition) is 3. The van der Waals surface area contributed by atoms with Crippen molar-refractivity contribution in [3.8, 4) is 0 Å². The van der Waals surface area contributed by atoms with E-state index in [1.807, 2.05) is 19.1 Å². The second-order valence-corrected chi connectivity index (χ2v) is 8.94. The Morgan fingerprint density at radius 3 is 2.35 bits per heavy atom. The SMILES string of the molecule is Cc1cc(Cl)ccc1C(=N)/C=C\C(N)=NC1CC(C)(C)N(C)C(C)(C)C1. The van der Waals surface area contributed by atoms with Crippen LogP contribution in [0.4, 0.5) is 0 Å². The second kappa shape index (κ2) is 7.53. The van der Waals surface area contributed by atoms with E-state index in [1.54, 1.807) is 18.2 Å². The number of allylic oxidation sites excluding steroid dienone is 1. The van der Waals surface area contributed by atoms with Crippen LogP contribution in [0.25, 0.3) is 0 Å². The maximum Gasteiger partial charge on any atom is 0.118 e. The van der Waals surface area contributed by atoms with Crippen LogP contribution >= 0.6 is 11.6 Å². The fourth-order valence-electron chi connectivity index (χ4n) is 3.85. The number of amidine groups is 1. The van der Waals surface area contributed by atoms with Crippen molar-refractivity contribution < 1.29 is 0 Å². The number of aryl methyl sites for hydroxylation is 1. The molecule has 0 saturated carbocycles. The van der Waals surface area contributed by atoms with Gasteiger partial charge in [-0.15, -0.1) is 0 Å². The second-order valence-electron chi connectivity index (χ2n) is 8.51. The summed E-state index contributed by atoms with van der Waals surface area (Å²) >= 11 is 5.98. The molecule has 0 amide bonds. The highest BCUT2D eigenvalue weighted by atomic mass is 35.5. The van der Waals surface area contributed by atoms with E-state index in [4.69, 9.17) is 27.7 Å². The molecule has 1 aromatic carbocycles. The van der Waals surface area contributed by atoms with Gasteiger partial charge in [0.15, 0.2) is 0 Å². The number of nitrogens with one attached hydrogen (secondary N) is 1. The van der Waals surface area contributed by atoms with Gasteiger partial charge in [0.1, 0.15) is 5.84 Å². The van der Waals surface area contributed by atoms with Gasteiger partial charge in [-0.3, -0.25) is 9.89 Å². The molecule has 1 heterocycles. The van der Waals surface area contributed by atoms with Crippen LogP contribution in [-0.4, -0.2) is 40.6 Å². The van der Waals surface area contributed by atoms with Crippen molar-refractivity contribution in [3.63, 3.8) is 0 Å². The Hall–Kier alpha value is -1.65. The molecule has 26 heavy (non-hydrogen) atoms. The Balaban J connectivity index is 2.12. The topological polar surface area (TPSA) is 65.5 Å². The minimum absolute atomic E-state index is 0.0764. The molecule has 0 unspecified atom stereocenters. The first kappa shape index (κ1) is 20.7. The number of piperidine rings is 1. The summed E-state index contributed by atoms with van der Waals surface area (Å²) < 4.78 is 0. The van der Waals surface area contributed by atoms with Crippen molar-refractivity contribution in [1.82, 2.24) is 4.90 Å². The Labute approximate surface area is 162 Å². The van der Waals surface area contributed by atoms with Gasteiger partial charge in [-0.1, -0.05) is 17.7 Å². The molecule has 1 aromatic rings. The molecule has 1 saturated heterocycles. The van der Waals surface area contributed by atoms with Crippen molar-refractivity contribution >= 4 is 23.1 Å². The van der Waals surface area contributed by atoms with Crippen molar-refractivity contribution in [2.45, 2.75) is 64.6 Å². The summed E-state index contributed by atoms with van der Waals surface area (Å²) in [7, 11) is 2.18. The first-order valence-electron chi connectivity index (χ1n) is 9.03. The van der Waals surface area contributed by atoms with Gasteiger partial charge in [0.25, 0.3) is 0 Å². The highest BCUT2D eigenvalue weighted by Gasteiger charge is 2.42. The molecule has 0 aliphatic carbocycles. The lowest BCUT2D eigenvalue weighted by Gasteiger charge is -2.52. The lowest BCUT2D eigenvalue weighted by atomic mass is 9.78. The van der Waals surface area contributed by atoms with Crippen LogP contribution in [0.1, 0.15) is 51.7 Å². The predicted octanol–water partition coefficient (Wildman–Crippen LogP) is 4.58. The third-order valence-electron chi connectivity index (χ3n) is 5.52. The van der Waals surface area contributed by atoms with Crippen LogP contribution in [0.15, 0.2) is 35.3 Å². The number of benzene rings is 1. The van der Waals surface area contributed by atoms with Gasteiger partial charge in [0.05, 0.1) is 11.8 Å². The van der Waals surface area contributed by atoms with E-state index >= 15 is 0 Å². The predicted molar refractivity (Wildman–Crippen MR) is 113 cm³/mol. The maximum absolute atomic E-state index is 8.26. The van der Waals surface area contributed by atoms with Gasteiger partial charge in [0, 0.05) is 21.7 Å². The van der Waals surface area contributed by atoms with E-state index < -0.39 is 0 Å². The first-order chi connectivity index (χ1) is 11.9. The third kappa shape index (κ3) is 4.74. The van der Waals surface area contributed by atoms with Crippen molar-refractivity contribution in [2.24, 2.45) is 10.7 Å². The van der Waals surface area contributed by atoms with Crippen molar-refractivity contribution in [3.05, 3.63) is 46.5 Å². The molecule has 1 aliphatic rings. The molecule has 0 atom stereocenters. The highest BCUT2D eigenvalue weighted by molar-refractivity contribution is 6.30. The van der Waals surface area contributed by atoms with Crippen LogP contribution < -0.4 is 5.73 Å². The van der Waals surface area contributed by atoms with Crippen LogP contribution in [0.2, 0.25) is 5.02 Å². The molecule has 5 heteroatoms. The number of rotatable bonds is 4. The van der Waals surface area contributed by atoms with E-state index in [2.05, 4.69) is 39.6 Å². The summed E-state index contributed by atoms with van der Waals surface area (Å²) in [6.45, 7) is 11.0. The molecule has 2 rings (SSSR count). The molecule has 1 aliphatic heterocycles. The monoisotopic (exact) mass is 374 g/mol. The van der Waals surface area contributed by atoms with E-state index in [9.17, 15) is 0 Å². The molecule has 0 aromatic heterocycles. The molecule has 0 spiro atoms. The first-order valence-corrected chi connectivity index (χ1v) is 9.40. The molecule has 0 bridgehead atoms. The number of nitrogens with two attached hydrogens (primary N) is 1. The van der Waals surface area contributed by atoms with E-state index in [1.165, 1.54) is 0 Å². The maximum atomic E-state index is 8.26. The normalized spacial score (nSPS) is 21.3. The molecule has 0 radical (unpaired) electrons. The van der Waals surface area contributed by atoms with Gasteiger partial charge < -0.3 is 11.1 Å². The van der Waals surface area contributed by atoms with Crippen LogP contribution in [0.5, 0.6) is 0 Å². The summed E-state index contributed by atoms with van der Waals surface area (Å²) in [4.78, 5) is 7.15.